The second kappa shape index (κ2) is 46.5. The van der Waals surface area contributed by atoms with Crippen molar-refractivity contribution in [3.8, 4) is 5.75 Å². The molecule has 0 saturated carbocycles. The van der Waals surface area contributed by atoms with E-state index < -0.39 is 152 Å². The van der Waals surface area contributed by atoms with Gasteiger partial charge in [-0.05, 0) is 98.5 Å². The largest absolute Gasteiger partial charge is 0.497 e. The number of hydrogen-bond donors (Lipinski definition) is 0. The molecule has 0 N–H and O–H groups in total. The molecule has 0 amide bonds. The molecular weight excluding hydrogens is 1640 g/mol. The molecule has 4 fully saturated rings. The minimum atomic E-state index is -2.03. The average molecular weight is 1730 g/mol. The van der Waals surface area contributed by atoms with Crippen LogP contribution < -0.4 is 4.74 Å². The second-order valence-corrected chi connectivity index (χ2v) is 30.9. The number of benzene rings is 10. The number of esters is 4. The fraction of sp³-hybridized carbons (Fsp3) is 0.333. The number of methoxy groups -OCH3 is 3. The number of thioether (sulfide) groups is 1. The van der Waals surface area contributed by atoms with Gasteiger partial charge in [-0.3, -0.25) is 0 Å². The SMILES string of the molecule is COC(=O)[C@@H]1O[C@@H](O[C@H]2[C@H](OCc3ccccc3)[C@@H](N=[N+]=[N-])[C@@H](O[C@H]3[C@H](OCc4ccccc4)[C@@H](OC(=O)c4ccccc4)C(Sc4ccccc4)O[C@H]3C(=O)OC)O[C@@H]2COCc2ccccc2)[C@H](OC(=O)c2ccccc2)[C@@H](OCc2ccccc2)[C@@H]1O[C@H]1O[C@H](COCc2ccccc2)[C@@H](OCc2ccc(OC)cc2)[C@H](OCc2ccccc2)[C@H]1N=[N+]=[N-]. The molecule has 0 aliphatic carbocycles. The van der Waals surface area contributed by atoms with Gasteiger partial charge in [0.2, 0.25) is 0 Å². The van der Waals surface area contributed by atoms with Gasteiger partial charge >= 0.3 is 23.9 Å². The van der Waals surface area contributed by atoms with Crippen LogP contribution in [0.25, 0.3) is 20.9 Å². The second-order valence-electron chi connectivity index (χ2n) is 29.7. The third kappa shape index (κ3) is 24.3. The fourth-order valence-corrected chi connectivity index (χ4v) is 16.2. The number of rotatable bonds is 40. The minimum Gasteiger partial charge on any atom is -0.497 e. The lowest BCUT2D eigenvalue weighted by Crippen LogP contribution is -2.69. The van der Waals surface area contributed by atoms with Crippen LogP contribution in [0, 0.1) is 0 Å². The number of hydrogen-bond acceptors (Lipinski definition) is 26. The van der Waals surface area contributed by atoms with Crippen molar-refractivity contribution in [3.05, 3.63) is 368 Å². The van der Waals surface area contributed by atoms with Crippen molar-refractivity contribution in [3.63, 3.8) is 0 Å². The van der Waals surface area contributed by atoms with Gasteiger partial charge in [0, 0.05) is 14.7 Å². The van der Waals surface area contributed by atoms with Gasteiger partial charge in [-0.15, -0.1) is 0 Å². The van der Waals surface area contributed by atoms with Crippen LogP contribution >= 0.6 is 11.8 Å². The molecule has 4 saturated heterocycles. The van der Waals surface area contributed by atoms with Crippen LogP contribution in [0.15, 0.2) is 312 Å². The van der Waals surface area contributed by atoms with Gasteiger partial charge in [-0.2, -0.15) is 0 Å². The molecule has 0 spiro atoms. The van der Waals surface area contributed by atoms with E-state index in [1.165, 1.54) is 19.2 Å². The smallest absolute Gasteiger partial charge is 0.338 e. The lowest BCUT2D eigenvalue weighted by Gasteiger charge is -2.51. The maximum Gasteiger partial charge on any atom is 0.338 e. The fourth-order valence-electron chi connectivity index (χ4n) is 15.1. The van der Waals surface area contributed by atoms with Crippen molar-refractivity contribution in [1.29, 1.82) is 0 Å². The molecule has 0 aromatic heterocycles. The summed E-state index contributed by atoms with van der Waals surface area (Å²) in [7, 11) is 3.87. The Morgan fingerprint density at radius 3 is 1.06 bits per heavy atom. The van der Waals surface area contributed by atoms with E-state index in [1.807, 2.05) is 176 Å². The van der Waals surface area contributed by atoms with Gasteiger partial charge in [0.1, 0.15) is 84.3 Å². The summed E-state index contributed by atoms with van der Waals surface area (Å²) in [6.45, 7) is -1.25. The van der Waals surface area contributed by atoms with Gasteiger partial charge in [-0.1, -0.05) is 271 Å². The van der Waals surface area contributed by atoms with Gasteiger partial charge < -0.3 is 90.0 Å². The summed E-state index contributed by atoms with van der Waals surface area (Å²) in [5, 5.41) is 8.84. The zero-order chi connectivity index (χ0) is 87.2. The quantitative estimate of drug-likeness (QED) is 0.0113. The number of carbonyl (C=O) groups is 4. The monoisotopic (exact) mass is 1730 g/mol. The Morgan fingerprint density at radius 1 is 0.333 bits per heavy atom. The molecule has 4 aliphatic heterocycles. The molecular formula is C96H96N6O23S. The molecule has 14 rings (SSSR count). The highest BCUT2D eigenvalue weighted by atomic mass is 32.2. The maximum absolute atomic E-state index is 15.5. The molecule has 654 valence electrons. The number of azide groups is 2. The summed E-state index contributed by atoms with van der Waals surface area (Å²) in [4.78, 5) is 68.1. The minimum absolute atomic E-state index is 0.0136. The summed E-state index contributed by atoms with van der Waals surface area (Å²) in [5.41, 5.74) is 26.0. The van der Waals surface area contributed by atoms with Gasteiger partial charge in [0.25, 0.3) is 0 Å². The zero-order valence-corrected chi connectivity index (χ0v) is 70.0. The number of ether oxygens (including phenoxy) is 19. The summed E-state index contributed by atoms with van der Waals surface area (Å²) in [6.07, 6.45) is -27.6. The predicted octanol–water partition coefficient (Wildman–Crippen LogP) is 15.4. The normalized spacial score (nSPS) is 25.7. The number of nitrogens with zero attached hydrogens (tertiary/aromatic N) is 6. The van der Waals surface area contributed by atoms with Crippen LogP contribution in [0.1, 0.15) is 59.7 Å². The van der Waals surface area contributed by atoms with E-state index in [2.05, 4.69) is 20.1 Å². The van der Waals surface area contributed by atoms with Crippen molar-refractivity contribution in [2.24, 2.45) is 10.2 Å². The Morgan fingerprint density at radius 2 is 0.659 bits per heavy atom. The van der Waals surface area contributed by atoms with Crippen molar-refractivity contribution in [1.82, 2.24) is 0 Å². The van der Waals surface area contributed by atoms with Crippen LogP contribution in [-0.2, 0) is 141 Å². The maximum atomic E-state index is 15.5. The van der Waals surface area contributed by atoms with E-state index in [-0.39, 0.29) is 64.0 Å². The molecule has 10 aromatic carbocycles. The lowest BCUT2D eigenvalue weighted by atomic mass is 9.93. The molecule has 10 aromatic rings. The first kappa shape index (κ1) is 90.5. The first-order valence-electron chi connectivity index (χ1n) is 41.1. The summed E-state index contributed by atoms with van der Waals surface area (Å²) in [6, 6.07) is 84.6. The van der Waals surface area contributed by atoms with Crippen molar-refractivity contribution in [2.75, 3.05) is 34.5 Å². The zero-order valence-electron chi connectivity index (χ0n) is 69.2. The van der Waals surface area contributed by atoms with E-state index in [0.29, 0.717) is 27.3 Å². The van der Waals surface area contributed by atoms with Crippen molar-refractivity contribution in [2.45, 2.75) is 173 Å². The first-order chi connectivity index (χ1) is 61.9. The van der Waals surface area contributed by atoms with Crippen LogP contribution in [-0.4, -0.2) is 180 Å². The molecule has 126 heavy (non-hydrogen) atoms. The topological polar surface area (TPSA) is 341 Å². The van der Waals surface area contributed by atoms with E-state index in [4.69, 9.17) is 90.0 Å². The van der Waals surface area contributed by atoms with Crippen molar-refractivity contribution < 1.29 is 109 Å². The Balaban J connectivity index is 0.894. The first-order valence-corrected chi connectivity index (χ1v) is 42.0. The lowest BCUT2D eigenvalue weighted by molar-refractivity contribution is -0.373. The molecule has 1 unspecified atom stereocenters. The van der Waals surface area contributed by atoms with Gasteiger partial charge in [0.15, 0.2) is 43.3 Å². The Kier molecular flexibility index (Phi) is 33.4. The highest BCUT2D eigenvalue weighted by Crippen LogP contribution is 2.44. The standard InChI is InChI=1S/C96H96N6O23S/c1-107-71-51-49-68(50-52-71)59-112-77-73(60-110-53-62-31-13-4-14-32-62)117-93(75(99-101-97)79(77)113-55-64-35-17-6-18-36-64)122-83-81(115-57-66-39-21-8-22-40-66)87(119-89(103)69-43-25-10-26-44-69)95(124-85(83)91(105)108-2)121-78-74(61-111-54-63-33-15-5-16-34-63)118-94(76(100-102-98)80(78)114-56-65-37-19-7-20-38-65)123-84-82(116-58-67-41-23-9-24-42-67)88(120-90(104)70-45-27-11-28-46-70)96(125-86(84)92(106)109-3)126-72-47-29-12-30-48-72/h4-52,73-88,93-96H,53-61H2,1-3H3/t73-,74-,75-,76-,77-,78-,79-,80-,81+,82+,83+,84+,85-,86-,87-,88-,93-,94-,95-,96?/m1/s1. The third-order valence-corrected chi connectivity index (χ3v) is 22.5. The highest BCUT2D eigenvalue weighted by Gasteiger charge is 2.61. The van der Waals surface area contributed by atoms with E-state index in [9.17, 15) is 20.7 Å². The van der Waals surface area contributed by atoms with E-state index in [0.717, 1.165) is 41.1 Å². The van der Waals surface area contributed by atoms with Gasteiger partial charge in [-0.25, -0.2) is 19.2 Å². The molecule has 20 atom stereocenters. The van der Waals surface area contributed by atoms with E-state index in [1.54, 1.807) is 116 Å². The molecule has 0 bridgehead atoms. The Bertz CT molecular complexity index is 5120. The molecule has 29 nitrogen and oxygen atoms in total. The summed E-state index contributed by atoms with van der Waals surface area (Å²) in [5.74, 6) is -3.13. The third-order valence-electron chi connectivity index (χ3n) is 21.4. The van der Waals surface area contributed by atoms with Crippen LogP contribution in [0.2, 0.25) is 0 Å². The predicted molar refractivity (Wildman–Crippen MR) is 457 cm³/mol. The Labute approximate surface area is 732 Å². The molecule has 0 radical (unpaired) electrons. The van der Waals surface area contributed by atoms with Crippen LogP contribution in [0.5, 0.6) is 5.75 Å². The summed E-state index contributed by atoms with van der Waals surface area (Å²) >= 11 is 1.15. The van der Waals surface area contributed by atoms with Crippen molar-refractivity contribution >= 4 is 35.6 Å². The van der Waals surface area contributed by atoms with Crippen LogP contribution in [0.4, 0.5) is 0 Å². The van der Waals surface area contributed by atoms with Gasteiger partial charge in [0.05, 0.1) is 91.9 Å². The summed E-state index contributed by atoms with van der Waals surface area (Å²) < 4.78 is 129. The average Bonchev–Trinajstić information content (AvgIpc) is 0.751. The highest BCUT2D eigenvalue weighted by molar-refractivity contribution is 7.99. The molecule has 4 heterocycles. The van der Waals surface area contributed by atoms with E-state index >= 15 is 9.59 Å². The Hall–Kier alpha value is -11.7. The molecule has 4 aliphatic rings. The van der Waals surface area contributed by atoms with Crippen LogP contribution in [0.3, 0.4) is 0 Å². The number of carbonyl (C=O) groups excluding carboxylic acids is 4. The molecule has 30 heteroatoms.